The SMILES string of the molecule is CCOC(=O)c1ccnc(Oc2ccc(Cl)cc2Br)c1N. The molecule has 0 saturated carbocycles. The zero-order valence-corrected chi connectivity index (χ0v) is 13.4. The molecular weight excluding hydrogens is 360 g/mol. The molecule has 2 N–H and O–H groups in total. The molecule has 7 heteroatoms. The Morgan fingerprint density at radius 2 is 2.19 bits per heavy atom. The number of nitrogens with zero attached hydrogens (tertiary/aromatic N) is 1. The molecule has 1 heterocycles. The molecule has 0 bridgehead atoms. The van der Waals surface area contributed by atoms with Crippen LogP contribution in [0.3, 0.4) is 0 Å². The molecule has 0 unspecified atom stereocenters. The second-order valence-electron chi connectivity index (χ2n) is 3.97. The van der Waals surface area contributed by atoms with Crippen molar-refractivity contribution in [2.24, 2.45) is 0 Å². The summed E-state index contributed by atoms with van der Waals surface area (Å²) in [5, 5.41) is 0.565. The Bertz CT molecular complexity index is 679. The first kappa shape index (κ1) is 15.6. The molecule has 2 rings (SSSR count). The summed E-state index contributed by atoms with van der Waals surface area (Å²) >= 11 is 9.20. The Labute approximate surface area is 135 Å². The van der Waals surface area contributed by atoms with E-state index < -0.39 is 5.97 Å². The second kappa shape index (κ2) is 6.78. The predicted octanol–water partition coefficient (Wildman–Crippen LogP) is 4.05. The summed E-state index contributed by atoms with van der Waals surface area (Å²) in [5.74, 6) is 0.0978. The lowest BCUT2D eigenvalue weighted by atomic mass is 10.2. The van der Waals surface area contributed by atoms with Crippen molar-refractivity contribution in [2.45, 2.75) is 6.92 Å². The number of rotatable bonds is 4. The highest BCUT2D eigenvalue weighted by Crippen LogP contribution is 2.34. The maximum absolute atomic E-state index is 11.8. The molecule has 0 fully saturated rings. The van der Waals surface area contributed by atoms with Crippen molar-refractivity contribution in [2.75, 3.05) is 12.3 Å². The molecule has 0 aliphatic carbocycles. The predicted molar refractivity (Wildman–Crippen MR) is 83.8 cm³/mol. The number of anilines is 1. The van der Waals surface area contributed by atoms with Gasteiger partial charge in [-0.05, 0) is 47.1 Å². The fourth-order valence-corrected chi connectivity index (χ4v) is 2.35. The van der Waals surface area contributed by atoms with E-state index in [0.717, 1.165) is 0 Å². The Morgan fingerprint density at radius 3 is 2.86 bits per heavy atom. The number of aromatic nitrogens is 1. The first-order valence-corrected chi connectivity index (χ1v) is 7.24. The van der Waals surface area contributed by atoms with Crippen molar-refractivity contribution in [1.82, 2.24) is 4.98 Å². The normalized spacial score (nSPS) is 10.2. The van der Waals surface area contributed by atoms with Gasteiger partial charge in [0.2, 0.25) is 5.88 Å². The Balaban J connectivity index is 2.32. The molecule has 0 aliphatic rings. The van der Waals surface area contributed by atoms with E-state index in [0.29, 0.717) is 15.2 Å². The molecule has 0 saturated heterocycles. The van der Waals surface area contributed by atoms with Gasteiger partial charge >= 0.3 is 5.97 Å². The highest BCUT2D eigenvalue weighted by molar-refractivity contribution is 9.10. The van der Waals surface area contributed by atoms with Gasteiger partial charge in [-0.1, -0.05) is 11.6 Å². The highest BCUT2D eigenvalue weighted by atomic mass is 79.9. The van der Waals surface area contributed by atoms with Crippen LogP contribution in [0.2, 0.25) is 5.02 Å². The first-order valence-electron chi connectivity index (χ1n) is 6.07. The number of nitrogens with two attached hydrogens (primary N) is 1. The van der Waals surface area contributed by atoms with Crippen molar-refractivity contribution in [1.29, 1.82) is 0 Å². The summed E-state index contributed by atoms with van der Waals surface area (Å²) in [5.41, 5.74) is 6.25. The van der Waals surface area contributed by atoms with E-state index in [-0.39, 0.29) is 23.7 Å². The van der Waals surface area contributed by atoms with Crippen LogP contribution in [-0.4, -0.2) is 17.6 Å². The van der Waals surface area contributed by atoms with Crippen molar-refractivity contribution in [3.05, 3.63) is 45.5 Å². The lowest BCUT2D eigenvalue weighted by molar-refractivity contribution is 0.0527. The van der Waals surface area contributed by atoms with Gasteiger partial charge in [-0.3, -0.25) is 0 Å². The molecular formula is C14H12BrClN2O3. The van der Waals surface area contributed by atoms with Crippen LogP contribution in [0.25, 0.3) is 0 Å². The molecule has 21 heavy (non-hydrogen) atoms. The number of nitrogen functional groups attached to an aromatic ring is 1. The minimum absolute atomic E-state index is 0.123. The standard InChI is InChI=1S/C14H12BrClN2O3/c1-2-20-14(19)9-5-6-18-13(12(9)17)21-11-4-3-8(16)7-10(11)15/h3-7H,2,17H2,1H3. The van der Waals surface area contributed by atoms with E-state index in [4.69, 9.17) is 26.8 Å². The van der Waals surface area contributed by atoms with E-state index >= 15 is 0 Å². The number of hydrogen-bond acceptors (Lipinski definition) is 5. The van der Waals surface area contributed by atoms with Gasteiger partial charge in [0.1, 0.15) is 11.4 Å². The van der Waals surface area contributed by atoms with Crippen molar-refractivity contribution in [3.63, 3.8) is 0 Å². The number of ether oxygens (including phenoxy) is 2. The van der Waals surface area contributed by atoms with E-state index in [9.17, 15) is 4.79 Å². The summed E-state index contributed by atoms with van der Waals surface area (Å²) in [4.78, 5) is 15.8. The summed E-state index contributed by atoms with van der Waals surface area (Å²) in [6, 6.07) is 6.51. The van der Waals surface area contributed by atoms with Crippen LogP contribution in [0.15, 0.2) is 34.9 Å². The van der Waals surface area contributed by atoms with E-state index in [1.54, 1.807) is 25.1 Å². The molecule has 5 nitrogen and oxygen atoms in total. The van der Waals surface area contributed by atoms with E-state index in [1.165, 1.54) is 12.3 Å². The zero-order valence-electron chi connectivity index (χ0n) is 11.1. The van der Waals surface area contributed by atoms with Crippen LogP contribution >= 0.6 is 27.5 Å². The average Bonchev–Trinajstić information content (AvgIpc) is 2.44. The van der Waals surface area contributed by atoms with Gasteiger partial charge in [0.05, 0.1) is 16.6 Å². The third-order valence-corrected chi connectivity index (χ3v) is 3.40. The first-order chi connectivity index (χ1) is 10.0. The smallest absolute Gasteiger partial charge is 0.340 e. The molecule has 0 radical (unpaired) electrons. The molecule has 110 valence electrons. The largest absolute Gasteiger partial charge is 0.462 e. The minimum Gasteiger partial charge on any atom is -0.462 e. The summed E-state index contributed by atoms with van der Waals surface area (Å²) in [7, 11) is 0. The Morgan fingerprint density at radius 1 is 1.43 bits per heavy atom. The van der Waals surface area contributed by atoms with Crippen LogP contribution in [0, 0.1) is 0 Å². The minimum atomic E-state index is -0.516. The van der Waals surface area contributed by atoms with Crippen molar-refractivity contribution < 1.29 is 14.3 Å². The molecule has 0 atom stereocenters. The average molecular weight is 372 g/mol. The van der Waals surface area contributed by atoms with Crippen LogP contribution < -0.4 is 10.5 Å². The third kappa shape index (κ3) is 3.65. The number of benzene rings is 1. The Kier molecular flexibility index (Phi) is 5.03. The van der Waals surface area contributed by atoms with Crippen molar-refractivity contribution >= 4 is 39.2 Å². The summed E-state index contributed by atoms with van der Waals surface area (Å²) in [6.07, 6.45) is 1.43. The maximum atomic E-state index is 11.8. The topological polar surface area (TPSA) is 74.4 Å². The zero-order chi connectivity index (χ0) is 15.4. The number of esters is 1. The number of halogens is 2. The maximum Gasteiger partial charge on any atom is 0.340 e. The molecule has 2 aromatic rings. The van der Waals surface area contributed by atoms with Gasteiger partial charge in [-0.25, -0.2) is 9.78 Å². The van der Waals surface area contributed by atoms with Crippen molar-refractivity contribution in [3.8, 4) is 11.6 Å². The van der Waals surface area contributed by atoms with Crippen LogP contribution in [0.5, 0.6) is 11.6 Å². The summed E-state index contributed by atoms with van der Waals surface area (Å²) in [6.45, 7) is 1.98. The lowest BCUT2D eigenvalue weighted by Crippen LogP contribution is -2.09. The van der Waals surface area contributed by atoms with Gasteiger partial charge in [0.25, 0.3) is 0 Å². The number of hydrogen-bond donors (Lipinski definition) is 1. The quantitative estimate of drug-likeness (QED) is 0.821. The van der Waals surface area contributed by atoms with Gasteiger partial charge in [0, 0.05) is 11.2 Å². The van der Waals surface area contributed by atoms with Gasteiger partial charge in [-0.15, -0.1) is 0 Å². The number of pyridine rings is 1. The fourth-order valence-electron chi connectivity index (χ4n) is 1.58. The Hall–Kier alpha value is -1.79. The number of carbonyl (C=O) groups excluding carboxylic acids is 1. The molecule has 0 spiro atoms. The molecule has 0 amide bonds. The molecule has 0 aliphatic heterocycles. The third-order valence-electron chi connectivity index (χ3n) is 2.55. The van der Waals surface area contributed by atoms with Gasteiger partial charge in [-0.2, -0.15) is 0 Å². The molecule has 1 aromatic heterocycles. The van der Waals surface area contributed by atoms with Gasteiger partial charge in [0.15, 0.2) is 0 Å². The monoisotopic (exact) mass is 370 g/mol. The fraction of sp³-hybridized carbons (Fsp3) is 0.143. The van der Waals surface area contributed by atoms with Crippen LogP contribution in [0.1, 0.15) is 17.3 Å². The number of carbonyl (C=O) groups is 1. The van der Waals surface area contributed by atoms with Crippen LogP contribution in [0.4, 0.5) is 5.69 Å². The van der Waals surface area contributed by atoms with E-state index in [2.05, 4.69) is 20.9 Å². The summed E-state index contributed by atoms with van der Waals surface area (Å²) < 4.78 is 11.2. The van der Waals surface area contributed by atoms with Crippen LogP contribution in [-0.2, 0) is 4.74 Å². The highest BCUT2D eigenvalue weighted by Gasteiger charge is 2.16. The van der Waals surface area contributed by atoms with Gasteiger partial charge < -0.3 is 15.2 Å². The van der Waals surface area contributed by atoms with E-state index in [1.807, 2.05) is 0 Å². The lowest BCUT2D eigenvalue weighted by Gasteiger charge is -2.11. The molecule has 1 aromatic carbocycles. The second-order valence-corrected chi connectivity index (χ2v) is 5.27.